The molecule has 3 aromatic rings. The number of anilines is 1. The highest BCUT2D eigenvalue weighted by molar-refractivity contribution is 5.97. The molecular formula is C25H24N2O2. The van der Waals surface area contributed by atoms with E-state index in [0.717, 1.165) is 29.7 Å². The minimum atomic E-state index is -0.237. The number of nitrogens with one attached hydrogen (secondary N) is 2. The maximum absolute atomic E-state index is 12.9. The fraction of sp³-hybridized carbons (Fsp3) is 0.200. The molecule has 1 aliphatic rings. The van der Waals surface area contributed by atoms with Crippen molar-refractivity contribution in [3.63, 3.8) is 0 Å². The fourth-order valence-electron chi connectivity index (χ4n) is 3.27. The second-order valence-corrected chi connectivity index (χ2v) is 7.57. The molecule has 1 fully saturated rings. The number of benzene rings is 3. The van der Waals surface area contributed by atoms with Gasteiger partial charge in [-0.2, -0.15) is 0 Å². The normalized spacial score (nSPS) is 14.1. The van der Waals surface area contributed by atoms with Crippen LogP contribution in [0.25, 0.3) is 0 Å². The quantitative estimate of drug-likeness (QED) is 0.637. The molecule has 4 nitrogen and oxygen atoms in total. The van der Waals surface area contributed by atoms with E-state index in [1.165, 1.54) is 5.56 Å². The SMILES string of the molecule is Cc1ccc(C(NC(=O)c2ccc(NC(=O)C3CC3)cc2)c2ccccc2)cc1. The van der Waals surface area contributed by atoms with Gasteiger partial charge >= 0.3 is 0 Å². The Morgan fingerprint density at radius 1 is 0.828 bits per heavy atom. The maximum Gasteiger partial charge on any atom is 0.252 e. The van der Waals surface area contributed by atoms with Crippen LogP contribution in [0.4, 0.5) is 5.69 Å². The summed E-state index contributed by atoms with van der Waals surface area (Å²) in [4.78, 5) is 24.8. The highest BCUT2D eigenvalue weighted by atomic mass is 16.2. The Hall–Kier alpha value is -3.40. The van der Waals surface area contributed by atoms with Crippen molar-refractivity contribution in [2.24, 2.45) is 5.92 Å². The van der Waals surface area contributed by atoms with Crippen molar-refractivity contribution >= 4 is 17.5 Å². The van der Waals surface area contributed by atoms with Crippen LogP contribution >= 0.6 is 0 Å². The molecule has 146 valence electrons. The molecule has 0 bridgehead atoms. The molecule has 0 saturated heterocycles. The van der Waals surface area contributed by atoms with Crippen molar-refractivity contribution in [2.75, 3.05) is 5.32 Å². The summed E-state index contributed by atoms with van der Waals surface area (Å²) in [5.74, 6) is 0.0596. The largest absolute Gasteiger partial charge is 0.341 e. The molecule has 0 aliphatic heterocycles. The average molecular weight is 384 g/mol. The number of rotatable bonds is 6. The summed E-state index contributed by atoms with van der Waals surface area (Å²) in [5.41, 5.74) is 4.51. The van der Waals surface area contributed by atoms with Crippen molar-refractivity contribution in [1.29, 1.82) is 0 Å². The van der Waals surface area contributed by atoms with Crippen LogP contribution in [-0.4, -0.2) is 11.8 Å². The Labute approximate surface area is 171 Å². The van der Waals surface area contributed by atoms with Crippen LogP contribution in [0.15, 0.2) is 78.9 Å². The first-order chi connectivity index (χ1) is 14.1. The van der Waals surface area contributed by atoms with Gasteiger partial charge in [-0.05, 0) is 55.2 Å². The molecule has 0 spiro atoms. The van der Waals surface area contributed by atoms with E-state index in [0.29, 0.717) is 5.56 Å². The number of hydrogen-bond donors (Lipinski definition) is 2. The van der Waals surface area contributed by atoms with Crippen LogP contribution in [0.3, 0.4) is 0 Å². The lowest BCUT2D eigenvalue weighted by Gasteiger charge is -2.20. The number of carbonyl (C=O) groups excluding carboxylic acids is 2. The van der Waals surface area contributed by atoms with E-state index in [2.05, 4.69) is 22.8 Å². The summed E-state index contributed by atoms with van der Waals surface area (Å²) in [6.45, 7) is 2.05. The summed E-state index contributed by atoms with van der Waals surface area (Å²) in [6.07, 6.45) is 1.93. The second kappa shape index (κ2) is 8.31. The van der Waals surface area contributed by atoms with Crippen LogP contribution < -0.4 is 10.6 Å². The van der Waals surface area contributed by atoms with Gasteiger partial charge in [-0.1, -0.05) is 60.2 Å². The van der Waals surface area contributed by atoms with Gasteiger partial charge in [0, 0.05) is 17.2 Å². The van der Waals surface area contributed by atoms with Gasteiger partial charge in [0.2, 0.25) is 5.91 Å². The van der Waals surface area contributed by atoms with Crippen molar-refractivity contribution < 1.29 is 9.59 Å². The molecule has 0 aromatic heterocycles. The van der Waals surface area contributed by atoms with Crippen molar-refractivity contribution in [1.82, 2.24) is 5.32 Å². The molecule has 3 aromatic carbocycles. The molecule has 0 heterocycles. The lowest BCUT2D eigenvalue weighted by molar-refractivity contribution is -0.117. The molecule has 4 heteroatoms. The summed E-state index contributed by atoms with van der Waals surface area (Å²) in [5, 5.41) is 6.04. The smallest absolute Gasteiger partial charge is 0.252 e. The zero-order valence-electron chi connectivity index (χ0n) is 16.4. The first-order valence-electron chi connectivity index (χ1n) is 9.93. The Bertz CT molecular complexity index is 991. The summed E-state index contributed by atoms with van der Waals surface area (Å²) in [7, 11) is 0. The molecule has 2 amide bonds. The first-order valence-corrected chi connectivity index (χ1v) is 9.93. The number of carbonyl (C=O) groups is 2. The van der Waals surface area contributed by atoms with Gasteiger partial charge in [-0.15, -0.1) is 0 Å². The van der Waals surface area contributed by atoms with Gasteiger partial charge in [-0.25, -0.2) is 0 Å². The molecule has 29 heavy (non-hydrogen) atoms. The van der Waals surface area contributed by atoms with Crippen molar-refractivity contribution in [3.8, 4) is 0 Å². The van der Waals surface area contributed by atoms with E-state index < -0.39 is 0 Å². The van der Waals surface area contributed by atoms with Gasteiger partial charge in [-0.3, -0.25) is 9.59 Å². The predicted molar refractivity (Wildman–Crippen MR) is 115 cm³/mol. The monoisotopic (exact) mass is 384 g/mol. The standard InChI is InChI=1S/C25H24N2O2/c1-17-7-9-19(10-8-17)23(18-5-3-2-4-6-18)27-25(29)21-13-15-22(16-14-21)26-24(28)20-11-12-20/h2-10,13-16,20,23H,11-12H2,1H3,(H,26,28)(H,27,29). The van der Waals surface area contributed by atoms with Gasteiger partial charge in [0.05, 0.1) is 6.04 Å². The van der Waals surface area contributed by atoms with Gasteiger partial charge < -0.3 is 10.6 Å². The van der Waals surface area contributed by atoms with Crippen LogP contribution in [0.1, 0.15) is 45.9 Å². The van der Waals surface area contributed by atoms with Gasteiger partial charge in [0.1, 0.15) is 0 Å². The van der Waals surface area contributed by atoms with Gasteiger partial charge in [0.15, 0.2) is 0 Å². The van der Waals surface area contributed by atoms with Crippen LogP contribution in [0.2, 0.25) is 0 Å². The molecule has 1 aliphatic carbocycles. The first kappa shape index (κ1) is 18.9. The van der Waals surface area contributed by atoms with E-state index in [1.54, 1.807) is 24.3 Å². The summed E-state index contributed by atoms with van der Waals surface area (Å²) >= 11 is 0. The number of amides is 2. The Morgan fingerprint density at radius 2 is 1.45 bits per heavy atom. The third-order valence-corrected chi connectivity index (χ3v) is 5.18. The Kier molecular flexibility index (Phi) is 5.43. The second-order valence-electron chi connectivity index (χ2n) is 7.57. The highest BCUT2D eigenvalue weighted by Gasteiger charge is 2.29. The zero-order valence-corrected chi connectivity index (χ0v) is 16.4. The number of hydrogen-bond acceptors (Lipinski definition) is 2. The average Bonchev–Trinajstić information content (AvgIpc) is 3.59. The van der Waals surface area contributed by atoms with E-state index in [9.17, 15) is 9.59 Å². The fourth-order valence-corrected chi connectivity index (χ4v) is 3.27. The minimum absolute atomic E-state index is 0.0608. The predicted octanol–water partition coefficient (Wildman–Crippen LogP) is 4.86. The van der Waals surface area contributed by atoms with Gasteiger partial charge in [0.25, 0.3) is 5.91 Å². The van der Waals surface area contributed by atoms with Crippen LogP contribution in [0.5, 0.6) is 0 Å². The molecule has 4 rings (SSSR count). The van der Waals surface area contributed by atoms with Crippen LogP contribution in [0, 0.1) is 12.8 Å². The van der Waals surface area contributed by atoms with E-state index >= 15 is 0 Å². The lowest BCUT2D eigenvalue weighted by atomic mass is 9.97. The molecule has 1 saturated carbocycles. The molecular weight excluding hydrogens is 360 g/mol. The third kappa shape index (κ3) is 4.72. The maximum atomic E-state index is 12.9. The molecule has 1 atom stereocenters. The lowest BCUT2D eigenvalue weighted by Crippen LogP contribution is -2.29. The van der Waals surface area contributed by atoms with Crippen molar-refractivity contribution in [2.45, 2.75) is 25.8 Å². The molecule has 0 radical (unpaired) electrons. The molecule has 2 N–H and O–H groups in total. The van der Waals surface area contributed by atoms with E-state index in [4.69, 9.17) is 0 Å². The van der Waals surface area contributed by atoms with E-state index in [1.807, 2.05) is 49.4 Å². The minimum Gasteiger partial charge on any atom is -0.341 e. The van der Waals surface area contributed by atoms with E-state index in [-0.39, 0.29) is 23.8 Å². The zero-order chi connectivity index (χ0) is 20.2. The number of aryl methyl sites for hydroxylation is 1. The Balaban J connectivity index is 1.51. The van der Waals surface area contributed by atoms with Crippen LogP contribution in [-0.2, 0) is 4.79 Å². The summed E-state index contributed by atoms with van der Waals surface area (Å²) in [6, 6.07) is 24.9. The van der Waals surface area contributed by atoms with Crippen molar-refractivity contribution in [3.05, 3.63) is 101 Å². The molecule has 1 unspecified atom stereocenters. The third-order valence-electron chi connectivity index (χ3n) is 5.18. The summed E-state index contributed by atoms with van der Waals surface area (Å²) < 4.78 is 0. The topological polar surface area (TPSA) is 58.2 Å². The Morgan fingerprint density at radius 3 is 2.07 bits per heavy atom. The highest BCUT2D eigenvalue weighted by Crippen LogP contribution is 2.30.